The van der Waals surface area contributed by atoms with E-state index < -0.39 is 0 Å². The summed E-state index contributed by atoms with van der Waals surface area (Å²) in [6.07, 6.45) is 5.08. The molecule has 0 aliphatic carbocycles. The lowest BCUT2D eigenvalue weighted by atomic mass is 9.96. The molecule has 0 aromatic carbocycles. The first-order valence-corrected chi connectivity index (χ1v) is 7.72. The van der Waals surface area contributed by atoms with Gasteiger partial charge in [-0.3, -0.25) is 4.90 Å². The maximum atomic E-state index is 5.43. The smallest absolute Gasteiger partial charge is 0.240 e. The summed E-state index contributed by atoms with van der Waals surface area (Å²) < 4.78 is 5.43. The molecule has 1 aliphatic rings. The minimum absolute atomic E-state index is 0.0464. The molecular weight excluding hydrogens is 252 g/mol. The van der Waals surface area contributed by atoms with Crippen LogP contribution in [0.1, 0.15) is 58.2 Å². The molecule has 1 aromatic rings. The highest BCUT2D eigenvalue weighted by molar-refractivity contribution is 5.00. The van der Waals surface area contributed by atoms with E-state index in [4.69, 9.17) is 4.52 Å². The Bertz CT molecular complexity index is 410. The van der Waals surface area contributed by atoms with Crippen molar-refractivity contribution in [3.8, 4) is 0 Å². The van der Waals surface area contributed by atoms with E-state index in [2.05, 4.69) is 41.1 Å². The summed E-state index contributed by atoms with van der Waals surface area (Å²) in [4.78, 5) is 7.06. The molecule has 0 spiro atoms. The third-order valence-electron chi connectivity index (χ3n) is 3.95. The van der Waals surface area contributed by atoms with Crippen LogP contribution in [-0.2, 0) is 12.0 Å². The molecule has 0 saturated carbocycles. The van der Waals surface area contributed by atoms with Crippen molar-refractivity contribution in [2.75, 3.05) is 20.1 Å². The van der Waals surface area contributed by atoms with Gasteiger partial charge < -0.3 is 9.84 Å². The van der Waals surface area contributed by atoms with Gasteiger partial charge in [0.05, 0.1) is 6.54 Å². The third-order valence-corrected chi connectivity index (χ3v) is 3.95. The highest BCUT2D eigenvalue weighted by Gasteiger charge is 2.26. The van der Waals surface area contributed by atoms with Gasteiger partial charge in [-0.05, 0) is 39.4 Å². The second kappa shape index (κ2) is 6.68. The zero-order chi connectivity index (χ0) is 14.6. The van der Waals surface area contributed by atoms with Crippen molar-refractivity contribution >= 4 is 0 Å². The number of piperidine rings is 1. The molecule has 2 heterocycles. The first-order chi connectivity index (χ1) is 9.50. The number of aromatic nitrogens is 2. The first kappa shape index (κ1) is 15.4. The maximum Gasteiger partial charge on any atom is 0.240 e. The van der Waals surface area contributed by atoms with Crippen LogP contribution in [0.2, 0.25) is 0 Å². The molecule has 0 bridgehead atoms. The molecule has 20 heavy (non-hydrogen) atoms. The van der Waals surface area contributed by atoms with Crippen molar-refractivity contribution in [2.45, 2.75) is 64.5 Å². The van der Waals surface area contributed by atoms with E-state index in [1.165, 1.54) is 25.7 Å². The van der Waals surface area contributed by atoms with E-state index in [0.717, 1.165) is 31.3 Å². The van der Waals surface area contributed by atoms with Gasteiger partial charge in [0.15, 0.2) is 5.82 Å². The van der Waals surface area contributed by atoms with E-state index in [1.54, 1.807) is 0 Å². The Morgan fingerprint density at radius 2 is 2.15 bits per heavy atom. The molecule has 1 aliphatic heterocycles. The van der Waals surface area contributed by atoms with Crippen molar-refractivity contribution < 1.29 is 4.52 Å². The highest BCUT2D eigenvalue weighted by Crippen LogP contribution is 2.23. The van der Waals surface area contributed by atoms with Crippen LogP contribution in [0.4, 0.5) is 0 Å². The summed E-state index contributed by atoms with van der Waals surface area (Å²) in [6.45, 7) is 9.33. The molecule has 5 nitrogen and oxygen atoms in total. The Morgan fingerprint density at radius 3 is 2.80 bits per heavy atom. The van der Waals surface area contributed by atoms with E-state index in [-0.39, 0.29) is 5.41 Å². The van der Waals surface area contributed by atoms with Crippen LogP contribution in [0.25, 0.3) is 0 Å². The van der Waals surface area contributed by atoms with Gasteiger partial charge in [0, 0.05) is 11.5 Å². The molecule has 0 amide bonds. The Hall–Kier alpha value is -0.940. The summed E-state index contributed by atoms with van der Waals surface area (Å²) in [5.74, 6) is 1.56. The van der Waals surface area contributed by atoms with Crippen molar-refractivity contribution in [3.63, 3.8) is 0 Å². The van der Waals surface area contributed by atoms with Gasteiger partial charge >= 0.3 is 0 Å². The van der Waals surface area contributed by atoms with E-state index in [0.29, 0.717) is 6.04 Å². The number of hydrogen-bond acceptors (Lipinski definition) is 5. The lowest BCUT2D eigenvalue weighted by Crippen LogP contribution is -2.40. The standard InChI is InChI=1S/C15H28N4O/c1-15(2,3)14-17-13(20-18-14)11-19-10-6-5-7-12(19)8-9-16-4/h12,16H,5-11H2,1-4H3. The minimum Gasteiger partial charge on any atom is -0.338 e. The van der Waals surface area contributed by atoms with E-state index in [9.17, 15) is 0 Å². The largest absolute Gasteiger partial charge is 0.338 e. The number of rotatable bonds is 5. The number of nitrogens with zero attached hydrogens (tertiary/aromatic N) is 3. The first-order valence-electron chi connectivity index (χ1n) is 7.72. The molecule has 1 unspecified atom stereocenters. The van der Waals surface area contributed by atoms with Crippen LogP contribution in [-0.4, -0.2) is 41.2 Å². The monoisotopic (exact) mass is 280 g/mol. The second-order valence-electron chi connectivity index (χ2n) is 6.77. The van der Waals surface area contributed by atoms with E-state index >= 15 is 0 Å². The zero-order valence-corrected chi connectivity index (χ0v) is 13.3. The van der Waals surface area contributed by atoms with Gasteiger partial charge in [-0.1, -0.05) is 32.3 Å². The van der Waals surface area contributed by atoms with Gasteiger partial charge in [-0.15, -0.1) is 0 Å². The Balaban J connectivity index is 1.97. The summed E-state index contributed by atoms with van der Waals surface area (Å²) in [5.41, 5.74) is -0.0464. The van der Waals surface area contributed by atoms with Crippen molar-refractivity contribution in [3.05, 3.63) is 11.7 Å². The molecule has 1 saturated heterocycles. The number of nitrogens with one attached hydrogen (secondary N) is 1. The average molecular weight is 280 g/mol. The minimum atomic E-state index is -0.0464. The van der Waals surface area contributed by atoms with Crippen LogP contribution >= 0.6 is 0 Å². The topological polar surface area (TPSA) is 54.2 Å². The Morgan fingerprint density at radius 1 is 1.35 bits per heavy atom. The number of hydrogen-bond donors (Lipinski definition) is 1. The van der Waals surface area contributed by atoms with Crippen LogP contribution in [0.3, 0.4) is 0 Å². The summed E-state index contributed by atoms with van der Waals surface area (Å²) in [5, 5.41) is 7.36. The highest BCUT2D eigenvalue weighted by atomic mass is 16.5. The Kier molecular flexibility index (Phi) is 5.16. The van der Waals surface area contributed by atoms with Crippen molar-refractivity contribution in [2.24, 2.45) is 0 Å². The number of likely N-dealkylation sites (tertiary alicyclic amines) is 1. The molecular formula is C15H28N4O. The van der Waals surface area contributed by atoms with Crippen LogP contribution < -0.4 is 5.32 Å². The summed E-state index contributed by atoms with van der Waals surface area (Å²) in [6, 6.07) is 0.640. The maximum absolute atomic E-state index is 5.43. The van der Waals surface area contributed by atoms with Crippen molar-refractivity contribution in [1.82, 2.24) is 20.4 Å². The summed E-state index contributed by atoms with van der Waals surface area (Å²) >= 11 is 0. The van der Waals surface area contributed by atoms with E-state index in [1.807, 2.05) is 7.05 Å². The van der Waals surface area contributed by atoms with Gasteiger partial charge in [-0.25, -0.2) is 0 Å². The second-order valence-corrected chi connectivity index (χ2v) is 6.77. The van der Waals surface area contributed by atoms with Crippen LogP contribution in [0.5, 0.6) is 0 Å². The van der Waals surface area contributed by atoms with Gasteiger partial charge in [0.25, 0.3) is 0 Å². The molecule has 1 N–H and O–H groups in total. The quantitative estimate of drug-likeness (QED) is 0.897. The van der Waals surface area contributed by atoms with Gasteiger partial charge in [0.2, 0.25) is 5.89 Å². The average Bonchev–Trinajstić information content (AvgIpc) is 2.86. The fraction of sp³-hybridized carbons (Fsp3) is 0.867. The van der Waals surface area contributed by atoms with Crippen LogP contribution in [0.15, 0.2) is 4.52 Å². The molecule has 1 atom stereocenters. The fourth-order valence-electron chi connectivity index (χ4n) is 2.70. The zero-order valence-electron chi connectivity index (χ0n) is 13.3. The lowest BCUT2D eigenvalue weighted by Gasteiger charge is -2.34. The predicted molar refractivity (Wildman–Crippen MR) is 79.6 cm³/mol. The fourth-order valence-corrected chi connectivity index (χ4v) is 2.70. The molecule has 5 heteroatoms. The summed E-state index contributed by atoms with van der Waals surface area (Å²) in [7, 11) is 2.01. The molecule has 114 valence electrons. The molecule has 2 rings (SSSR count). The van der Waals surface area contributed by atoms with Gasteiger partial charge in [-0.2, -0.15) is 4.98 Å². The SMILES string of the molecule is CNCCC1CCCCN1Cc1nc(C(C)(C)C)no1. The Labute approximate surface area is 122 Å². The normalized spacial score (nSPS) is 21.3. The third kappa shape index (κ3) is 4.03. The van der Waals surface area contributed by atoms with Crippen molar-refractivity contribution in [1.29, 1.82) is 0 Å². The van der Waals surface area contributed by atoms with Gasteiger partial charge in [0.1, 0.15) is 0 Å². The lowest BCUT2D eigenvalue weighted by molar-refractivity contribution is 0.117. The molecule has 0 radical (unpaired) electrons. The predicted octanol–water partition coefficient (Wildman–Crippen LogP) is 2.33. The molecule has 1 aromatic heterocycles. The molecule has 1 fully saturated rings. The van der Waals surface area contributed by atoms with Crippen LogP contribution in [0, 0.1) is 0 Å².